The van der Waals surface area contributed by atoms with Gasteiger partial charge in [-0.15, -0.1) is 0 Å². The first-order valence-electron chi connectivity index (χ1n) is 11.1. The van der Waals surface area contributed by atoms with Crippen LogP contribution in [0, 0.1) is 16.7 Å². The maximum atomic E-state index is 13.0. The Kier molecular flexibility index (Phi) is 7.35. The van der Waals surface area contributed by atoms with E-state index in [9.17, 15) is 10.1 Å². The lowest BCUT2D eigenvalue weighted by molar-refractivity contribution is 0.0958. The van der Waals surface area contributed by atoms with Gasteiger partial charge < -0.3 is 10.2 Å². The van der Waals surface area contributed by atoms with Crippen LogP contribution in [-0.4, -0.2) is 20.0 Å². The van der Waals surface area contributed by atoms with Crippen molar-refractivity contribution in [1.82, 2.24) is 5.32 Å². The summed E-state index contributed by atoms with van der Waals surface area (Å²) in [5, 5.41) is 13.1. The van der Waals surface area contributed by atoms with E-state index >= 15 is 0 Å². The number of hydrogen-bond donors (Lipinski definition) is 1. The molecule has 0 aliphatic rings. The van der Waals surface area contributed by atoms with Crippen molar-refractivity contribution >= 4 is 17.2 Å². The molecule has 0 atom stereocenters. The summed E-state index contributed by atoms with van der Waals surface area (Å²) in [4.78, 5) is 15.0. The zero-order valence-corrected chi connectivity index (χ0v) is 20.0. The van der Waals surface area contributed by atoms with E-state index in [2.05, 4.69) is 23.5 Å². The van der Waals surface area contributed by atoms with Gasteiger partial charge in [0, 0.05) is 36.5 Å². The molecule has 3 aromatic carbocycles. The average Bonchev–Trinajstić information content (AvgIpc) is 2.80. The molecule has 0 aliphatic heterocycles. The summed E-state index contributed by atoms with van der Waals surface area (Å²) in [5.74, 6) is -0.223. The van der Waals surface area contributed by atoms with E-state index in [1.54, 1.807) is 12.1 Å². The number of nitriles is 1. The molecule has 33 heavy (non-hydrogen) atoms. The normalized spacial score (nSPS) is 11.9. The Bertz CT molecular complexity index is 1160. The van der Waals surface area contributed by atoms with Crippen molar-refractivity contribution in [3.63, 3.8) is 0 Å². The maximum absolute atomic E-state index is 13.0. The van der Waals surface area contributed by atoms with Crippen LogP contribution in [0.15, 0.2) is 84.6 Å². The number of amides is 1. The van der Waals surface area contributed by atoms with Crippen LogP contribution >= 0.6 is 0 Å². The van der Waals surface area contributed by atoms with Gasteiger partial charge in [0.05, 0.1) is 5.57 Å². The quantitative estimate of drug-likeness (QED) is 0.477. The fourth-order valence-corrected chi connectivity index (χ4v) is 3.61. The van der Waals surface area contributed by atoms with Crippen molar-refractivity contribution in [2.45, 2.75) is 27.2 Å². The van der Waals surface area contributed by atoms with Crippen molar-refractivity contribution in [3.05, 3.63) is 107 Å². The molecule has 0 aromatic heterocycles. The topological polar surface area (TPSA) is 56.1 Å². The zero-order valence-electron chi connectivity index (χ0n) is 20.0. The van der Waals surface area contributed by atoms with E-state index in [-0.39, 0.29) is 5.91 Å². The Morgan fingerprint density at radius 3 is 1.91 bits per heavy atom. The largest absolute Gasteiger partial charge is 0.378 e. The predicted octanol–water partition coefficient (Wildman–Crippen LogP) is 6.05. The van der Waals surface area contributed by atoms with Crippen molar-refractivity contribution in [1.29, 1.82) is 5.26 Å². The van der Waals surface area contributed by atoms with Crippen LogP contribution in [0.25, 0.3) is 5.57 Å². The summed E-state index contributed by atoms with van der Waals surface area (Å²) in [6.07, 6.45) is 0.832. The minimum Gasteiger partial charge on any atom is -0.378 e. The minimum absolute atomic E-state index is 0.223. The molecule has 4 heteroatoms. The summed E-state index contributed by atoms with van der Waals surface area (Å²) in [6.45, 7) is 6.00. The van der Waals surface area contributed by atoms with E-state index in [4.69, 9.17) is 0 Å². The third-order valence-corrected chi connectivity index (χ3v) is 5.49. The Morgan fingerprint density at radius 1 is 0.848 bits per heavy atom. The van der Waals surface area contributed by atoms with Crippen LogP contribution in [-0.2, 0) is 6.42 Å². The second-order valence-corrected chi connectivity index (χ2v) is 9.37. The number of carbonyl (C=O) groups excluding carboxylic acids is 1. The standard InChI is InChI=1S/C29H31N3O/c1-29(2,3)27(31-28(33)24-15-17-25(18-16-24)32(4)5)26(20-30)23-13-11-22(12-14-23)19-21-9-7-6-8-10-21/h6-18H,19H2,1-5H3,(H,31,33). The van der Waals surface area contributed by atoms with Gasteiger partial charge in [0.1, 0.15) is 6.07 Å². The van der Waals surface area contributed by atoms with Crippen LogP contribution in [0.4, 0.5) is 5.69 Å². The van der Waals surface area contributed by atoms with Gasteiger partial charge in [-0.05, 0) is 47.4 Å². The number of hydrogen-bond acceptors (Lipinski definition) is 3. The van der Waals surface area contributed by atoms with Gasteiger partial charge in [-0.2, -0.15) is 5.26 Å². The molecule has 0 saturated carbocycles. The summed E-state index contributed by atoms with van der Waals surface area (Å²) >= 11 is 0. The van der Waals surface area contributed by atoms with Crippen LogP contribution in [0.2, 0.25) is 0 Å². The van der Waals surface area contributed by atoms with Gasteiger partial charge in [-0.3, -0.25) is 4.79 Å². The van der Waals surface area contributed by atoms with Crippen molar-refractivity contribution < 1.29 is 4.79 Å². The lowest BCUT2D eigenvalue weighted by atomic mass is 9.86. The number of nitrogens with one attached hydrogen (secondary N) is 1. The first-order chi connectivity index (χ1) is 15.7. The summed E-state index contributed by atoms with van der Waals surface area (Å²) in [5.41, 5.74) is 5.45. The van der Waals surface area contributed by atoms with E-state index < -0.39 is 5.41 Å². The second kappa shape index (κ2) is 10.2. The Hall–Kier alpha value is -3.84. The molecule has 1 N–H and O–H groups in total. The highest BCUT2D eigenvalue weighted by Gasteiger charge is 2.25. The summed E-state index contributed by atoms with van der Waals surface area (Å²) < 4.78 is 0. The number of nitrogens with zero attached hydrogens (tertiary/aromatic N) is 2. The highest BCUT2D eigenvalue weighted by molar-refractivity contribution is 5.97. The first kappa shape index (κ1) is 23.8. The molecular formula is C29H31N3O. The van der Waals surface area contributed by atoms with Crippen molar-refractivity contribution in [3.8, 4) is 6.07 Å². The Balaban J connectivity index is 1.89. The molecular weight excluding hydrogens is 406 g/mol. The van der Waals surface area contributed by atoms with Gasteiger partial charge in [0.25, 0.3) is 5.91 Å². The van der Waals surface area contributed by atoms with E-state index in [0.717, 1.165) is 17.7 Å². The molecule has 0 heterocycles. The molecule has 0 radical (unpaired) electrons. The molecule has 1 amide bonds. The van der Waals surface area contributed by atoms with E-state index in [1.165, 1.54) is 11.1 Å². The first-order valence-corrected chi connectivity index (χ1v) is 11.1. The van der Waals surface area contributed by atoms with E-state index in [0.29, 0.717) is 16.8 Å². The molecule has 4 nitrogen and oxygen atoms in total. The van der Waals surface area contributed by atoms with Gasteiger partial charge in [-0.25, -0.2) is 0 Å². The fraction of sp³-hybridized carbons (Fsp3) is 0.241. The monoisotopic (exact) mass is 437 g/mol. The van der Waals surface area contributed by atoms with Crippen molar-refractivity contribution in [2.24, 2.45) is 5.41 Å². The fourth-order valence-electron chi connectivity index (χ4n) is 3.61. The summed E-state index contributed by atoms with van der Waals surface area (Å²) in [6, 6.07) is 28.0. The highest BCUT2D eigenvalue weighted by Crippen LogP contribution is 2.31. The third kappa shape index (κ3) is 6.11. The Morgan fingerprint density at radius 2 is 1.39 bits per heavy atom. The zero-order chi connectivity index (χ0) is 24.0. The van der Waals surface area contributed by atoms with E-state index in [1.807, 2.05) is 94.4 Å². The van der Waals surface area contributed by atoms with Gasteiger partial charge in [0.15, 0.2) is 0 Å². The molecule has 168 valence electrons. The smallest absolute Gasteiger partial charge is 0.255 e. The third-order valence-electron chi connectivity index (χ3n) is 5.49. The minimum atomic E-state index is -0.424. The number of anilines is 1. The van der Waals surface area contributed by atoms with Crippen LogP contribution in [0.5, 0.6) is 0 Å². The second-order valence-electron chi connectivity index (χ2n) is 9.37. The number of rotatable bonds is 6. The number of benzene rings is 3. The van der Waals surface area contributed by atoms with Crippen molar-refractivity contribution in [2.75, 3.05) is 19.0 Å². The van der Waals surface area contributed by atoms with Crippen LogP contribution < -0.4 is 10.2 Å². The lowest BCUT2D eigenvalue weighted by Gasteiger charge is -2.26. The number of carbonyl (C=O) groups is 1. The van der Waals surface area contributed by atoms with Gasteiger partial charge in [0.2, 0.25) is 0 Å². The lowest BCUT2D eigenvalue weighted by Crippen LogP contribution is -2.31. The van der Waals surface area contributed by atoms with Crippen LogP contribution in [0.3, 0.4) is 0 Å². The SMILES string of the molecule is CN(C)c1ccc(C(=O)NC(=C(C#N)c2ccc(Cc3ccccc3)cc2)C(C)(C)C)cc1. The maximum Gasteiger partial charge on any atom is 0.255 e. The molecule has 0 aliphatic carbocycles. The molecule has 0 unspecified atom stereocenters. The van der Waals surface area contributed by atoms with Gasteiger partial charge in [-0.1, -0.05) is 75.4 Å². The van der Waals surface area contributed by atoms with Gasteiger partial charge >= 0.3 is 0 Å². The average molecular weight is 438 g/mol. The molecule has 0 spiro atoms. The molecule has 3 aromatic rings. The Labute approximate surface area is 197 Å². The molecule has 0 bridgehead atoms. The molecule has 0 saturated heterocycles. The molecule has 0 fully saturated rings. The predicted molar refractivity (Wildman–Crippen MR) is 136 cm³/mol. The number of allylic oxidation sites excluding steroid dienone is 2. The molecule has 3 rings (SSSR count). The van der Waals surface area contributed by atoms with Crippen LogP contribution in [0.1, 0.15) is 47.8 Å². The highest BCUT2D eigenvalue weighted by atomic mass is 16.1. The summed E-state index contributed by atoms with van der Waals surface area (Å²) in [7, 11) is 3.92.